The van der Waals surface area contributed by atoms with Crippen molar-refractivity contribution < 1.29 is 18.0 Å². The first-order valence-electron chi connectivity index (χ1n) is 4.97. The zero-order chi connectivity index (χ0) is 13.2. The SMILES string of the molecule is CC(C)CC(=O)c1ncc(C(F)(F)F)cc1Cl. The van der Waals surface area contributed by atoms with E-state index in [1.165, 1.54) is 0 Å². The number of pyridine rings is 1. The van der Waals surface area contributed by atoms with Gasteiger partial charge in [-0.2, -0.15) is 13.2 Å². The summed E-state index contributed by atoms with van der Waals surface area (Å²) in [7, 11) is 0. The molecule has 0 radical (unpaired) electrons. The molecule has 6 heteroatoms. The first-order chi connectivity index (χ1) is 7.71. The molecule has 0 saturated heterocycles. The Bertz CT molecular complexity index is 429. The van der Waals surface area contributed by atoms with E-state index in [1.807, 2.05) is 13.8 Å². The quantitative estimate of drug-likeness (QED) is 0.774. The van der Waals surface area contributed by atoms with Gasteiger partial charge in [0.05, 0.1) is 10.6 Å². The largest absolute Gasteiger partial charge is 0.417 e. The molecular formula is C11H11ClF3NO. The number of hydrogen-bond donors (Lipinski definition) is 0. The minimum Gasteiger partial charge on any atom is -0.292 e. The molecule has 0 spiro atoms. The second kappa shape index (κ2) is 5.04. The number of ketones is 1. The summed E-state index contributed by atoms with van der Waals surface area (Å²) in [5.41, 5.74) is -1.06. The highest BCUT2D eigenvalue weighted by Crippen LogP contribution is 2.31. The average Bonchev–Trinajstić information content (AvgIpc) is 2.14. The monoisotopic (exact) mass is 265 g/mol. The van der Waals surface area contributed by atoms with E-state index in [2.05, 4.69) is 4.98 Å². The molecule has 0 N–H and O–H groups in total. The lowest BCUT2D eigenvalue weighted by atomic mass is 10.0. The van der Waals surface area contributed by atoms with Gasteiger partial charge in [-0.25, -0.2) is 0 Å². The second-order valence-corrected chi connectivity index (χ2v) is 4.48. The molecule has 0 atom stereocenters. The van der Waals surface area contributed by atoms with Gasteiger partial charge in [0, 0.05) is 12.6 Å². The summed E-state index contributed by atoms with van der Waals surface area (Å²) in [6.07, 6.45) is -3.67. The first kappa shape index (κ1) is 14.0. The van der Waals surface area contributed by atoms with Crippen molar-refractivity contribution in [2.24, 2.45) is 5.92 Å². The van der Waals surface area contributed by atoms with Crippen molar-refractivity contribution in [3.8, 4) is 0 Å². The zero-order valence-corrected chi connectivity index (χ0v) is 10.1. The van der Waals surface area contributed by atoms with Crippen molar-refractivity contribution >= 4 is 17.4 Å². The zero-order valence-electron chi connectivity index (χ0n) is 9.31. The lowest BCUT2D eigenvalue weighted by Gasteiger charge is -2.09. The molecule has 0 unspecified atom stereocenters. The van der Waals surface area contributed by atoms with Crippen LogP contribution in [0.4, 0.5) is 13.2 Å². The fourth-order valence-corrected chi connectivity index (χ4v) is 1.54. The summed E-state index contributed by atoms with van der Waals surface area (Å²) in [4.78, 5) is 15.1. The van der Waals surface area contributed by atoms with Crippen molar-refractivity contribution in [2.45, 2.75) is 26.4 Å². The first-order valence-corrected chi connectivity index (χ1v) is 5.35. The predicted octanol–water partition coefficient (Wildman–Crippen LogP) is 3.98. The molecule has 17 heavy (non-hydrogen) atoms. The summed E-state index contributed by atoms with van der Waals surface area (Å²) < 4.78 is 37.0. The summed E-state index contributed by atoms with van der Waals surface area (Å²) >= 11 is 5.63. The molecule has 1 aromatic rings. The van der Waals surface area contributed by atoms with Crippen LogP contribution in [0.15, 0.2) is 12.3 Å². The maximum absolute atomic E-state index is 12.3. The molecule has 1 heterocycles. The molecule has 0 fully saturated rings. The lowest BCUT2D eigenvalue weighted by molar-refractivity contribution is -0.137. The van der Waals surface area contributed by atoms with Gasteiger partial charge < -0.3 is 0 Å². The Hall–Kier alpha value is -1.10. The third-order valence-electron chi connectivity index (χ3n) is 2.03. The topological polar surface area (TPSA) is 30.0 Å². The van der Waals surface area contributed by atoms with E-state index in [0.717, 1.165) is 6.07 Å². The van der Waals surface area contributed by atoms with Gasteiger partial charge in [0.25, 0.3) is 0 Å². The van der Waals surface area contributed by atoms with Crippen LogP contribution in [0.1, 0.15) is 36.3 Å². The van der Waals surface area contributed by atoms with E-state index in [4.69, 9.17) is 11.6 Å². The Morgan fingerprint density at radius 2 is 2.06 bits per heavy atom. The van der Waals surface area contributed by atoms with E-state index >= 15 is 0 Å². The number of carbonyl (C=O) groups excluding carboxylic acids is 1. The van der Waals surface area contributed by atoms with Gasteiger partial charge >= 0.3 is 6.18 Å². The molecule has 0 amide bonds. The van der Waals surface area contributed by atoms with Crippen molar-refractivity contribution in [1.82, 2.24) is 4.98 Å². The molecule has 0 saturated carbocycles. The highest BCUT2D eigenvalue weighted by molar-refractivity contribution is 6.33. The van der Waals surface area contributed by atoms with E-state index in [-0.39, 0.29) is 28.8 Å². The molecule has 1 rings (SSSR count). The summed E-state index contributed by atoms with van der Waals surface area (Å²) in [6, 6.07) is 0.724. The molecule has 0 aliphatic heterocycles. The van der Waals surface area contributed by atoms with Crippen LogP contribution in [0.5, 0.6) is 0 Å². The van der Waals surface area contributed by atoms with Crippen molar-refractivity contribution in [1.29, 1.82) is 0 Å². The normalized spacial score (nSPS) is 11.9. The Morgan fingerprint density at radius 3 is 2.47 bits per heavy atom. The number of nitrogens with zero attached hydrogens (tertiary/aromatic N) is 1. The minimum absolute atomic E-state index is 0.0997. The van der Waals surface area contributed by atoms with Crippen LogP contribution in [-0.2, 0) is 6.18 Å². The lowest BCUT2D eigenvalue weighted by Crippen LogP contribution is -2.10. The molecule has 1 aromatic heterocycles. The van der Waals surface area contributed by atoms with Crippen molar-refractivity contribution in [2.75, 3.05) is 0 Å². The smallest absolute Gasteiger partial charge is 0.292 e. The highest BCUT2D eigenvalue weighted by Gasteiger charge is 2.32. The van der Waals surface area contributed by atoms with Crippen LogP contribution in [0.2, 0.25) is 5.02 Å². The Kier molecular flexibility index (Phi) is 4.14. The second-order valence-electron chi connectivity index (χ2n) is 4.07. The van der Waals surface area contributed by atoms with E-state index in [9.17, 15) is 18.0 Å². The summed E-state index contributed by atoms with van der Waals surface area (Å²) in [5, 5.41) is -0.259. The third-order valence-corrected chi connectivity index (χ3v) is 2.31. The average molecular weight is 266 g/mol. The third kappa shape index (κ3) is 3.70. The predicted molar refractivity (Wildman–Crippen MR) is 58.0 cm³/mol. The Morgan fingerprint density at radius 1 is 1.47 bits per heavy atom. The van der Waals surface area contributed by atoms with Gasteiger partial charge in [0.15, 0.2) is 5.78 Å². The van der Waals surface area contributed by atoms with E-state index in [1.54, 1.807) is 0 Å². The molecule has 0 aliphatic rings. The van der Waals surface area contributed by atoms with Gasteiger partial charge in [-0.15, -0.1) is 0 Å². The van der Waals surface area contributed by atoms with Crippen molar-refractivity contribution in [3.05, 3.63) is 28.5 Å². The number of rotatable bonds is 3. The van der Waals surface area contributed by atoms with E-state index < -0.39 is 11.7 Å². The maximum Gasteiger partial charge on any atom is 0.417 e. The van der Waals surface area contributed by atoms with Gasteiger partial charge in [-0.3, -0.25) is 9.78 Å². The van der Waals surface area contributed by atoms with Gasteiger partial charge in [0.2, 0.25) is 0 Å². The number of hydrogen-bond acceptors (Lipinski definition) is 2. The molecule has 0 bridgehead atoms. The number of aromatic nitrogens is 1. The fraction of sp³-hybridized carbons (Fsp3) is 0.455. The molecule has 0 aliphatic carbocycles. The van der Waals surface area contributed by atoms with Gasteiger partial charge in [-0.05, 0) is 12.0 Å². The number of carbonyl (C=O) groups is 1. The van der Waals surface area contributed by atoms with Crippen LogP contribution in [-0.4, -0.2) is 10.8 Å². The van der Waals surface area contributed by atoms with Gasteiger partial charge in [-0.1, -0.05) is 25.4 Å². The van der Waals surface area contributed by atoms with E-state index in [0.29, 0.717) is 6.20 Å². The number of Topliss-reactive ketones (excluding diaryl/α,β-unsaturated/α-hetero) is 1. The number of alkyl halides is 3. The Labute approximate surface area is 102 Å². The molecule has 2 nitrogen and oxygen atoms in total. The van der Waals surface area contributed by atoms with Crippen LogP contribution in [0.3, 0.4) is 0 Å². The highest BCUT2D eigenvalue weighted by atomic mass is 35.5. The van der Waals surface area contributed by atoms with Crippen LogP contribution in [0, 0.1) is 5.92 Å². The van der Waals surface area contributed by atoms with Crippen LogP contribution in [0.25, 0.3) is 0 Å². The molecular weight excluding hydrogens is 255 g/mol. The maximum atomic E-state index is 12.3. The molecule has 94 valence electrons. The van der Waals surface area contributed by atoms with Crippen molar-refractivity contribution in [3.63, 3.8) is 0 Å². The summed E-state index contributed by atoms with van der Waals surface area (Å²) in [5.74, 6) is -0.249. The minimum atomic E-state index is -4.50. The van der Waals surface area contributed by atoms with Gasteiger partial charge in [0.1, 0.15) is 5.69 Å². The summed E-state index contributed by atoms with van der Waals surface area (Å²) in [6.45, 7) is 3.66. The van der Waals surface area contributed by atoms with Crippen LogP contribution < -0.4 is 0 Å². The number of halogens is 4. The standard InChI is InChI=1S/C11H11ClF3NO/c1-6(2)3-9(17)10-8(12)4-7(5-16-10)11(13,14)15/h4-6H,3H2,1-2H3. The fourth-order valence-electron chi connectivity index (χ4n) is 1.27. The Balaban J connectivity index is 3.02. The van der Waals surface area contributed by atoms with Crippen LogP contribution >= 0.6 is 11.6 Å². The molecule has 0 aromatic carbocycles.